The van der Waals surface area contributed by atoms with Gasteiger partial charge in [-0.1, -0.05) is 41.9 Å². The minimum absolute atomic E-state index is 0.171. The fraction of sp³-hybridized carbons (Fsp3) is 0.300. The van der Waals surface area contributed by atoms with Gasteiger partial charge in [-0.25, -0.2) is 0 Å². The highest BCUT2D eigenvalue weighted by molar-refractivity contribution is 6.30. The molecule has 0 aromatic heterocycles. The second kappa shape index (κ2) is 7.79. The maximum Gasteiger partial charge on any atom is 0.308 e. The summed E-state index contributed by atoms with van der Waals surface area (Å²) < 4.78 is 5.68. The van der Waals surface area contributed by atoms with E-state index in [9.17, 15) is 14.7 Å². The molecule has 3 rings (SSSR count). The Labute approximate surface area is 157 Å². The monoisotopic (exact) mass is 373 g/mol. The Kier molecular flexibility index (Phi) is 5.47. The Bertz CT molecular complexity index is 778. The third kappa shape index (κ3) is 3.99. The summed E-state index contributed by atoms with van der Waals surface area (Å²) in [7, 11) is 0. The average molecular weight is 374 g/mol. The van der Waals surface area contributed by atoms with E-state index in [4.69, 9.17) is 16.3 Å². The number of carbonyl (C=O) groups excluding carboxylic acids is 1. The molecule has 1 aliphatic rings. The predicted molar refractivity (Wildman–Crippen MR) is 98.4 cm³/mol. The van der Waals surface area contributed by atoms with Crippen molar-refractivity contribution in [1.82, 2.24) is 4.90 Å². The minimum Gasteiger partial charge on any atom is -0.481 e. The number of hydrogen-bond acceptors (Lipinski definition) is 3. The van der Waals surface area contributed by atoms with E-state index in [0.29, 0.717) is 17.3 Å². The summed E-state index contributed by atoms with van der Waals surface area (Å²) in [4.78, 5) is 26.0. The van der Waals surface area contributed by atoms with Crippen LogP contribution in [0.4, 0.5) is 0 Å². The molecule has 6 heteroatoms. The molecule has 2 aromatic rings. The fourth-order valence-corrected chi connectivity index (χ4v) is 3.42. The number of halogens is 1. The standard InChI is InChI=1S/C20H20ClNO4/c1-13(26-16-5-3-2-4-6-16)19(23)22-11-17(18(12-22)20(24)25)14-7-9-15(21)10-8-14/h2-10,13,17-18H,11-12H2,1H3,(H,24,25)/t13?,17-,18+/m0/s1. The molecule has 136 valence electrons. The van der Waals surface area contributed by atoms with E-state index >= 15 is 0 Å². The molecule has 1 saturated heterocycles. The molecule has 0 bridgehead atoms. The maximum atomic E-state index is 12.7. The summed E-state index contributed by atoms with van der Waals surface area (Å²) in [6.45, 7) is 2.20. The van der Waals surface area contributed by atoms with Crippen LogP contribution in [-0.4, -0.2) is 41.1 Å². The van der Waals surface area contributed by atoms with Gasteiger partial charge in [0, 0.05) is 24.0 Å². The number of carbonyl (C=O) groups is 2. The lowest BCUT2D eigenvalue weighted by atomic mass is 9.89. The third-order valence-electron chi connectivity index (χ3n) is 4.65. The van der Waals surface area contributed by atoms with Crippen LogP contribution in [0.3, 0.4) is 0 Å². The molecule has 5 nitrogen and oxygen atoms in total. The zero-order valence-electron chi connectivity index (χ0n) is 14.3. The van der Waals surface area contributed by atoms with Gasteiger partial charge in [0.05, 0.1) is 5.92 Å². The topological polar surface area (TPSA) is 66.8 Å². The van der Waals surface area contributed by atoms with Gasteiger partial charge in [0.25, 0.3) is 5.91 Å². The average Bonchev–Trinajstić information content (AvgIpc) is 3.08. The van der Waals surface area contributed by atoms with Crippen LogP contribution in [0.1, 0.15) is 18.4 Å². The lowest BCUT2D eigenvalue weighted by Gasteiger charge is -2.22. The summed E-state index contributed by atoms with van der Waals surface area (Å²) in [5.41, 5.74) is 0.869. The molecule has 0 saturated carbocycles. The van der Waals surface area contributed by atoms with E-state index in [2.05, 4.69) is 0 Å². The summed E-state index contributed by atoms with van der Waals surface area (Å²) in [6, 6.07) is 16.2. The van der Waals surface area contributed by atoms with Crippen molar-refractivity contribution < 1.29 is 19.4 Å². The van der Waals surface area contributed by atoms with E-state index in [1.165, 1.54) is 0 Å². The zero-order valence-corrected chi connectivity index (χ0v) is 15.1. The number of likely N-dealkylation sites (tertiary alicyclic amines) is 1. The first-order valence-electron chi connectivity index (χ1n) is 8.44. The highest BCUT2D eigenvalue weighted by atomic mass is 35.5. The van der Waals surface area contributed by atoms with Gasteiger partial charge in [-0.2, -0.15) is 0 Å². The Morgan fingerprint density at radius 2 is 1.77 bits per heavy atom. The number of hydrogen-bond donors (Lipinski definition) is 1. The molecule has 26 heavy (non-hydrogen) atoms. The van der Waals surface area contributed by atoms with E-state index < -0.39 is 18.0 Å². The fourth-order valence-electron chi connectivity index (χ4n) is 3.29. The lowest BCUT2D eigenvalue weighted by Crippen LogP contribution is -2.39. The van der Waals surface area contributed by atoms with Crippen LogP contribution in [0, 0.1) is 5.92 Å². The van der Waals surface area contributed by atoms with Gasteiger partial charge in [0.15, 0.2) is 6.10 Å². The summed E-state index contributed by atoms with van der Waals surface area (Å²) in [6.07, 6.45) is -0.684. The number of aliphatic carboxylic acids is 1. The van der Waals surface area contributed by atoms with Gasteiger partial charge in [0.1, 0.15) is 5.75 Å². The van der Waals surface area contributed by atoms with Crippen LogP contribution in [0.5, 0.6) is 5.75 Å². The van der Waals surface area contributed by atoms with Crippen molar-refractivity contribution in [1.29, 1.82) is 0 Å². The molecule has 1 aliphatic heterocycles. The number of carboxylic acids is 1. The van der Waals surface area contributed by atoms with Crippen LogP contribution in [0.25, 0.3) is 0 Å². The highest BCUT2D eigenvalue weighted by Crippen LogP contribution is 2.34. The first-order valence-corrected chi connectivity index (χ1v) is 8.82. The van der Waals surface area contributed by atoms with E-state index in [0.717, 1.165) is 5.56 Å². The molecule has 0 spiro atoms. The van der Waals surface area contributed by atoms with Crippen molar-refractivity contribution in [3.63, 3.8) is 0 Å². The molecule has 1 fully saturated rings. The number of amides is 1. The van der Waals surface area contributed by atoms with Gasteiger partial charge in [-0.15, -0.1) is 0 Å². The Balaban J connectivity index is 1.73. The molecule has 1 unspecified atom stereocenters. The van der Waals surface area contributed by atoms with Crippen molar-refractivity contribution in [2.45, 2.75) is 18.9 Å². The minimum atomic E-state index is -0.906. The number of nitrogens with zero attached hydrogens (tertiary/aromatic N) is 1. The first-order chi connectivity index (χ1) is 12.5. The van der Waals surface area contributed by atoms with E-state index in [1.54, 1.807) is 36.1 Å². The maximum absolute atomic E-state index is 12.7. The second-order valence-corrected chi connectivity index (χ2v) is 6.86. The Morgan fingerprint density at radius 3 is 2.38 bits per heavy atom. The number of para-hydroxylation sites is 1. The molecular weight excluding hydrogens is 354 g/mol. The molecular formula is C20H20ClNO4. The first kappa shape index (κ1) is 18.3. The van der Waals surface area contributed by atoms with Crippen molar-refractivity contribution in [2.24, 2.45) is 5.92 Å². The quantitative estimate of drug-likeness (QED) is 0.871. The largest absolute Gasteiger partial charge is 0.481 e. The smallest absolute Gasteiger partial charge is 0.308 e. The molecule has 1 N–H and O–H groups in total. The van der Waals surface area contributed by atoms with Crippen LogP contribution in [-0.2, 0) is 9.59 Å². The lowest BCUT2D eigenvalue weighted by molar-refractivity contribution is -0.142. The van der Waals surface area contributed by atoms with Gasteiger partial charge in [0.2, 0.25) is 0 Å². The van der Waals surface area contributed by atoms with Crippen molar-refractivity contribution in [2.75, 3.05) is 13.1 Å². The van der Waals surface area contributed by atoms with Crippen molar-refractivity contribution >= 4 is 23.5 Å². The number of benzene rings is 2. The van der Waals surface area contributed by atoms with E-state index in [-0.39, 0.29) is 18.4 Å². The Hall–Kier alpha value is -2.53. The molecule has 3 atom stereocenters. The van der Waals surface area contributed by atoms with Crippen LogP contribution in [0.15, 0.2) is 54.6 Å². The third-order valence-corrected chi connectivity index (χ3v) is 4.90. The predicted octanol–water partition coefficient (Wildman–Crippen LogP) is 3.43. The number of rotatable bonds is 5. The van der Waals surface area contributed by atoms with Crippen molar-refractivity contribution in [3.8, 4) is 5.75 Å². The number of carboxylic acid groups (broad SMARTS) is 1. The highest BCUT2D eigenvalue weighted by Gasteiger charge is 2.41. The van der Waals surface area contributed by atoms with Crippen LogP contribution < -0.4 is 4.74 Å². The molecule has 2 aromatic carbocycles. The van der Waals surface area contributed by atoms with Gasteiger partial charge in [-0.3, -0.25) is 9.59 Å². The van der Waals surface area contributed by atoms with Crippen LogP contribution >= 0.6 is 11.6 Å². The van der Waals surface area contributed by atoms with Gasteiger partial charge in [-0.05, 0) is 36.8 Å². The molecule has 1 amide bonds. The normalized spacial score (nSPS) is 20.6. The van der Waals surface area contributed by atoms with Gasteiger partial charge < -0.3 is 14.7 Å². The molecule has 0 aliphatic carbocycles. The summed E-state index contributed by atoms with van der Waals surface area (Å²) in [5, 5.41) is 10.2. The Morgan fingerprint density at radius 1 is 1.12 bits per heavy atom. The number of ether oxygens (including phenoxy) is 1. The zero-order chi connectivity index (χ0) is 18.7. The van der Waals surface area contributed by atoms with Gasteiger partial charge >= 0.3 is 5.97 Å². The van der Waals surface area contributed by atoms with Crippen LogP contribution in [0.2, 0.25) is 5.02 Å². The van der Waals surface area contributed by atoms with Crippen molar-refractivity contribution in [3.05, 3.63) is 65.2 Å². The summed E-state index contributed by atoms with van der Waals surface area (Å²) >= 11 is 5.92. The SMILES string of the molecule is CC(Oc1ccccc1)C(=O)N1C[C@@H](C(=O)O)[C@H](c2ccc(Cl)cc2)C1. The molecule has 0 radical (unpaired) electrons. The second-order valence-electron chi connectivity index (χ2n) is 6.42. The van der Waals surface area contributed by atoms with E-state index in [1.807, 2.05) is 30.3 Å². The summed E-state index contributed by atoms with van der Waals surface area (Å²) in [5.74, 6) is -1.42. The molecule has 1 heterocycles.